The zero-order valence-corrected chi connectivity index (χ0v) is 14.7. The smallest absolute Gasteiger partial charge is 0.223 e. The number of rotatable bonds is 7. The largest absolute Gasteiger partial charge is 0.356 e. The lowest BCUT2D eigenvalue weighted by Gasteiger charge is -2.21. The minimum absolute atomic E-state index is 0.101. The molecule has 0 atom stereocenters. The summed E-state index contributed by atoms with van der Waals surface area (Å²) in [6.45, 7) is 1.95. The van der Waals surface area contributed by atoms with Crippen LogP contribution < -0.4 is 10.2 Å². The quantitative estimate of drug-likeness (QED) is 0.818. The topological polar surface area (TPSA) is 49.4 Å². The zero-order chi connectivity index (χ0) is 18.2. The van der Waals surface area contributed by atoms with Gasteiger partial charge in [0.25, 0.3) is 0 Å². The van der Waals surface area contributed by atoms with Crippen LogP contribution in [0.5, 0.6) is 0 Å². The predicted octanol–water partition coefficient (Wildman–Crippen LogP) is 3.58. The lowest BCUT2D eigenvalue weighted by atomic mass is 10.1. The number of nitrogens with one attached hydrogen (secondary N) is 1. The summed E-state index contributed by atoms with van der Waals surface area (Å²) in [5.74, 6) is -0.986. The second kappa shape index (κ2) is 9.18. The Labute approximate surface area is 151 Å². The second-order valence-corrected chi connectivity index (χ2v) is 6.04. The van der Waals surface area contributed by atoms with Crippen LogP contribution >= 0.6 is 11.6 Å². The van der Waals surface area contributed by atoms with Crippen LogP contribution in [0.3, 0.4) is 0 Å². The van der Waals surface area contributed by atoms with Crippen molar-refractivity contribution in [3.8, 4) is 0 Å². The monoisotopic (exact) mass is 362 g/mol. The molecule has 0 aliphatic carbocycles. The fourth-order valence-corrected chi connectivity index (χ4v) is 2.67. The SMILES string of the molecule is CC(=O)N(CCC(=O)NCCc1cccc(Cl)c1)c1ccccc1F. The van der Waals surface area contributed by atoms with E-state index in [0.29, 0.717) is 18.0 Å². The van der Waals surface area contributed by atoms with Crippen molar-refractivity contribution in [1.82, 2.24) is 5.32 Å². The van der Waals surface area contributed by atoms with Gasteiger partial charge in [-0.3, -0.25) is 9.59 Å². The first kappa shape index (κ1) is 18.9. The first-order valence-electron chi connectivity index (χ1n) is 8.01. The molecule has 0 radical (unpaired) electrons. The van der Waals surface area contributed by atoms with Gasteiger partial charge in [-0.15, -0.1) is 0 Å². The summed E-state index contributed by atoms with van der Waals surface area (Å²) in [6.07, 6.45) is 0.763. The maximum Gasteiger partial charge on any atom is 0.223 e. The Kier molecular flexibility index (Phi) is 6.95. The number of carbonyl (C=O) groups excluding carboxylic acids is 2. The molecule has 0 aliphatic rings. The van der Waals surface area contributed by atoms with E-state index in [2.05, 4.69) is 5.32 Å². The van der Waals surface area contributed by atoms with Crippen molar-refractivity contribution in [2.24, 2.45) is 0 Å². The number of amides is 2. The molecule has 0 bridgehead atoms. The molecule has 132 valence electrons. The molecular weight excluding hydrogens is 343 g/mol. The summed E-state index contributed by atoms with van der Waals surface area (Å²) in [7, 11) is 0. The van der Waals surface area contributed by atoms with Gasteiger partial charge in [0.1, 0.15) is 5.82 Å². The average Bonchev–Trinajstić information content (AvgIpc) is 2.56. The third-order valence-electron chi connectivity index (χ3n) is 3.71. The first-order valence-corrected chi connectivity index (χ1v) is 8.39. The molecule has 0 spiro atoms. The average molecular weight is 363 g/mol. The minimum atomic E-state index is -0.487. The van der Waals surface area contributed by atoms with E-state index in [1.54, 1.807) is 18.2 Å². The van der Waals surface area contributed by atoms with Gasteiger partial charge in [0.05, 0.1) is 5.69 Å². The van der Waals surface area contributed by atoms with Gasteiger partial charge in [-0.25, -0.2) is 4.39 Å². The van der Waals surface area contributed by atoms with E-state index in [4.69, 9.17) is 11.6 Å². The van der Waals surface area contributed by atoms with Gasteiger partial charge in [0.2, 0.25) is 11.8 Å². The van der Waals surface area contributed by atoms with E-state index in [1.807, 2.05) is 18.2 Å². The maximum atomic E-state index is 13.8. The Morgan fingerprint density at radius 2 is 1.92 bits per heavy atom. The molecule has 2 aromatic carbocycles. The van der Waals surface area contributed by atoms with Gasteiger partial charge in [0, 0.05) is 31.5 Å². The highest BCUT2D eigenvalue weighted by Gasteiger charge is 2.16. The highest BCUT2D eigenvalue weighted by molar-refractivity contribution is 6.30. The Bertz CT molecular complexity index is 752. The predicted molar refractivity (Wildman–Crippen MR) is 97.2 cm³/mol. The summed E-state index contributed by atoms with van der Waals surface area (Å²) in [5.41, 5.74) is 1.21. The van der Waals surface area contributed by atoms with E-state index in [-0.39, 0.29) is 30.5 Å². The van der Waals surface area contributed by atoms with Crippen LogP contribution in [-0.4, -0.2) is 24.9 Å². The van der Waals surface area contributed by atoms with E-state index < -0.39 is 5.82 Å². The van der Waals surface area contributed by atoms with Crippen molar-refractivity contribution in [3.05, 3.63) is 64.9 Å². The Balaban J connectivity index is 1.83. The van der Waals surface area contributed by atoms with E-state index in [0.717, 1.165) is 5.56 Å². The van der Waals surface area contributed by atoms with Crippen molar-refractivity contribution in [3.63, 3.8) is 0 Å². The van der Waals surface area contributed by atoms with Gasteiger partial charge >= 0.3 is 0 Å². The van der Waals surface area contributed by atoms with Crippen molar-refractivity contribution < 1.29 is 14.0 Å². The maximum absolute atomic E-state index is 13.8. The molecule has 25 heavy (non-hydrogen) atoms. The fourth-order valence-electron chi connectivity index (χ4n) is 2.46. The molecule has 0 saturated heterocycles. The summed E-state index contributed by atoms with van der Waals surface area (Å²) < 4.78 is 13.8. The van der Waals surface area contributed by atoms with Crippen LogP contribution in [0.1, 0.15) is 18.9 Å². The van der Waals surface area contributed by atoms with Crippen LogP contribution in [0.2, 0.25) is 5.02 Å². The lowest BCUT2D eigenvalue weighted by molar-refractivity contribution is -0.121. The third kappa shape index (κ3) is 5.87. The molecule has 0 aliphatic heterocycles. The molecule has 0 fully saturated rings. The standard InChI is InChI=1S/C19H20ClFN2O2/c1-14(24)23(18-8-3-2-7-17(18)21)12-10-19(25)22-11-9-15-5-4-6-16(20)13-15/h2-8,13H,9-12H2,1H3,(H,22,25). The van der Waals surface area contributed by atoms with Crippen molar-refractivity contribution in [2.45, 2.75) is 19.8 Å². The van der Waals surface area contributed by atoms with Crippen LogP contribution in [0.15, 0.2) is 48.5 Å². The first-order chi connectivity index (χ1) is 12.0. The van der Waals surface area contributed by atoms with E-state index in [1.165, 1.54) is 24.0 Å². The molecule has 0 aromatic heterocycles. The number of halogens is 2. The number of hydrogen-bond donors (Lipinski definition) is 1. The van der Waals surface area contributed by atoms with E-state index in [9.17, 15) is 14.0 Å². The van der Waals surface area contributed by atoms with Gasteiger partial charge in [-0.1, -0.05) is 35.9 Å². The molecule has 0 saturated carbocycles. The molecule has 4 nitrogen and oxygen atoms in total. The molecule has 0 heterocycles. The van der Waals surface area contributed by atoms with Gasteiger partial charge in [-0.2, -0.15) is 0 Å². The molecular formula is C19H20ClFN2O2. The van der Waals surface area contributed by atoms with Gasteiger partial charge in [-0.05, 0) is 36.2 Å². The number of anilines is 1. The van der Waals surface area contributed by atoms with Crippen LogP contribution in [0.25, 0.3) is 0 Å². The van der Waals surface area contributed by atoms with Crippen LogP contribution in [-0.2, 0) is 16.0 Å². The summed E-state index contributed by atoms with van der Waals surface area (Å²) in [5, 5.41) is 3.46. The Hall–Kier alpha value is -2.40. The highest BCUT2D eigenvalue weighted by atomic mass is 35.5. The zero-order valence-electron chi connectivity index (χ0n) is 14.0. The van der Waals surface area contributed by atoms with Crippen molar-refractivity contribution in [1.29, 1.82) is 0 Å². The Morgan fingerprint density at radius 3 is 2.60 bits per heavy atom. The van der Waals surface area contributed by atoms with Gasteiger partial charge < -0.3 is 10.2 Å². The van der Waals surface area contributed by atoms with Crippen molar-refractivity contribution >= 4 is 29.1 Å². The van der Waals surface area contributed by atoms with Crippen LogP contribution in [0.4, 0.5) is 10.1 Å². The molecule has 2 amide bonds. The second-order valence-electron chi connectivity index (χ2n) is 5.60. The Morgan fingerprint density at radius 1 is 1.16 bits per heavy atom. The molecule has 0 unspecified atom stereocenters. The number of carbonyl (C=O) groups is 2. The summed E-state index contributed by atoms with van der Waals surface area (Å²) >= 11 is 5.92. The summed E-state index contributed by atoms with van der Waals surface area (Å²) in [6, 6.07) is 13.5. The number of hydrogen-bond acceptors (Lipinski definition) is 2. The number of para-hydroxylation sites is 1. The molecule has 2 rings (SSSR count). The third-order valence-corrected chi connectivity index (χ3v) is 3.95. The highest BCUT2D eigenvalue weighted by Crippen LogP contribution is 2.19. The normalized spacial score (nSPS) is 10.4. The molecule has 2 aromatic rings. The lowest BCUT2D eigenvalue weighted by Crippen LogP contribution is -2.34. The minimum Gasteiger partial charge on any atom is -0.356 e. The fraction of sp³-hybridized carbons (Fsp3) is 0.263. The molecule has 1 N–H and O–H groups in total. The number of benzene rings is 2. The van der Waals surface area contributed by atoms with Crippen LogP contribution in [0, 0.1) is 5.82 Å². The summed E-state index contributed by atoms with van der Waals surface area (Å²) in [4.78, 5) is 25.0. The van der Waals surface area contributed by atoms with E-state index >= 15 is 0 Å². The van der Waals surface area contributed by atoms with Crippen molar-refractivity contribution in [2.75, 3.05) is 18.0 Å². The van der Waals surface area contributed by atoms with Gasteiger partial charge in [0.15, 0.2) is 0 Å². The number of nitrogens with zero attached hydrogens (tertiary/aromatic N) is 1. The molecule has 6 heteroatoms.